The summed E-state index contributed by atoms with van der Waals surface area (Å²) in [6.45, 7) is 3.08. The Bertz CT molecular complexity index is 552. The molecule has 20 heavy (non-hydrogen) atoms. The van der Waals surface area contributed by atoms with Crippen LogP contribution < -0.4 is 5.32 Å². The topological polar surface area (TPSA) is 38.3 Å². The van der Waals surface area contributed by atoms with E-state index in [-0.39, 0.29) is 5.97 Å². The average Bonchev–Trinajstić information content (AvgIpc) is 2.52. The van der Waals surface area contributed by atoms with Crippen LogP contribution >= 0.6 is 0 Å². The largest absolute Gasteiger partial charge is 0.460 e. The Kier molecular flexibility index (Phi) is 5.18. The number of carbonyl (C=O) groups excluding carboxylic acids is 1. The van der Waals surface area contributed by atoms with Crippen LogP contribution in [0.1, 0.15) is 22.8 Å². The molecule has 0 unspecified atom stereocenters. The van der Waals surface area contributed by atoms with Gasteiger partial charge in [-0.25, -0.2) is 4.79 Å². The number of benzene rings is 2. The van der Waals surface area contributed by atoms with Crippen LogP contribution in [0.3, 0.4) is 0 Å². The third-order valence-corrected chi connectivity index (χ3v) is 3.06. The number of ether oxygens (including phenoxy) is 1. The molecule has 0 heterocycles. The number of esters is 1. The highest BCUT2D eigenvalue weighted by atomic mass is 16.5. The second kappa shape index (κ2) is 7.34. The van der Waals surface area contributed by atoms with E-state index in [1.165, 1.54) is 5.56 Å². The average molecular weight is 269 g/mol. The molecule has 0 aromatic heterocycles. The summed E-state index contributed by atoms with van der Waals surface area (Å²) in [7, 11) is 0. The Balaban J connectivity index is 1.78. The number of nitrogens with one attached hydrogen (secondary N) is 1. The fourth-order valence-electron chi connectivity index (χ4n) is 1.99. The van der Waals surface area contributed by atoms with Crippen LogP contribution in [0.5, 0.6) is 0 Å². The van der Waals surface area contributed by atoms with Gasteiger partial charge in [-0.15, -0.1) is 0 Å². The Morgan fingerprint density at radius 2 is 1.75 bits per heavy atom. The Morgan fingerprint density at radius 3 is 2.50 bits per heavy atom. The first-order valence-electron chi connectivity index (χ1n) is 6.85. The van der Waals surface area contributed by atoms with Crippen molar-refractivity contribution in [2.45, 2.75) is 13.3 Å². The van der Waals surface area contributed by atoms with Crippen molar-refractivity contribution >= 4 is 11.7 Å². The van der Waals surface area contributed by atoms with Crippen molar-refractivity contribution in [2.75, 3.05) is 18.5 Å². The number of para-hydroxylation sites is 1. The maximum Gasteiger partial charge on any atom is 0.338 e. The van der Waals surface area contributed by atoms with Crippen molar-refractivity contribution in [1.82, 2.24) is 0 Å². The van der Waals surface area contributed by atoms with Gasteiger partial charge < -0.3 is 10.1 Å². The highest BCUT2D eigenvalue weighted by Crippen LogP contribution is 2.14. The second-order valence-corrected chi connectivity index (χ2v) is 4.44. The summed E-state index contributed by atoms with van der Waals surface area (Å²) in [5.74, 6) is -0.281. The monoisotopic (exact) mass is 269 g/mol. The fourth-order valence-corrected chi connectivity index (χ4v) is 1.99. The van der Waals surface area contributed by atoms with Gasteiger partial charge in [0.15, 0.2) is 0 Å². The molecule has 0 aliphatic carbocycles. The molecular formula is C17H19NO2. The third-order valence-electron chi connectivity index (χ3n) is 3.06. The summed E-state index contributed by atoms with van der Waals surface area (Å²) in [6.07, 6.45) is 0.979. The van der Waals surface area contributed by atoms with Gasteiger partial charge in [0.05, 0.1) is 5.56 Å². The highest BCUT2D eigenvalue weighted by molar-refractivity contribution is 5.89. The molecule has 104 valence electrons. The normalized spacial score (nSPS) is 10.1. The summed E-state index contributed by atoms with van der Waals surface area (Å²) in [5, 5.41) is 3.29. The molecule has 0 aliphatic rings. The molecule has 0 saturated carbocycles. The van der Waals surface area contributed by atoms with E-state index in [0.717, 1.165) is 12.1 Å². The number of carbonyl (C=O) groups is 1. The van der Waals surface area contributed by atoms with Gasteiger partial charge in [0.1, 0.15) is 6.61 Å². The number of aryl methyl sites for hydroxylation is 1. The first-order chi connectivity index (χ1) is 9.81. The van der Waals surface area contributed by atoms with E-state index in [2.05, 4.69) is 18.3 Å². The highest BCUT2D eigenvalue weighted by Gasteiger charge is 2.05. The molecule has 0 amide bonds. The van der Waals surface area contributed by atoms with Gasteiger partial charge in [0.2, 0.25) is 0 Å². The molecule has 0 fully saturated rings. The van der Waals surface area contributed by atoms with Gasteiger partial charge in [-0.1, -0.05) is 43.3 Å². The molecule has 1 N–H and O–H groups in total. The lowest BCUT2D eigenvalue weighted by Gasteiger charge is -2.11. The predicted molar refractivity (Wildman–Crippen MR) is 81.0 cm³/mol. The van der Waals surface area contributed by atoms with E-state index in [1.54, 1.807) is 12.1 Å². The zero-order chi connectivity index (χ0) is 14.2. The molecule has 3 nitrogen and oxygen atoms in total. The summed E-state index contributed by atoms with van der Waals surface area (Å²) in [4.78, 5) is 11.7. The van der Waals surface area contributed by atoms with Crippen LogP contribution in [0.2, 0.25) is 0 Å². The molecule has 0 spiro atoms. The van der Waals surface area contributed by atoms with Crippen LogP contribution in [0, 0.1) is 0 Å². The first kappa shape index (κ1) is 14.1. The molecule has 2 aromatic carbocycles. The van der Waals surface area contributed by atoms with Crippen LogP contribution in [-0.2, 0) is 11.2 Å². The molecule has 2 rings (SSSR count). The van der Waals surface area contributed by atoms with Gasteiger partial charge in [-0.2, -0.15) is 0 Å². The SMILES string of the molecule is CCc1ccccc1NCCOC(=O)c1ccccc1. The maximum absolute atomic E-state index is 11.7. The van der Waals surface area contributed by atoms with Crippen LogP contribution in [-0.4, -0.2) is 19.1 Å². The summed E-state index contributed by atoms with van der Waals surface area (Å²) in [5.41, 5.74) is 2.95. The van der Waals surface area contributed by atoms with E-state index in [9.17, 15) is 4.79 Å². The fraction of sp³-hybridized carbons (Fsp3) is 0.235. The van der Waals surface area contributed by atoms with Crippen molar-refractivity contribution in [3.05, 3.63) is 65.7 Å². The maximum atomic E-state index is 11.7. The van der Waals surface area contributed by atoms with Crippen molar-refractivity contribution in [2.24, 2.45) is 0 Å². The molecule has 2 aromatic rings. The van der Waals surface area contributed by atoms with Gasteiger partial charge in [-0.05, 0) is 30.2 Å². The van der Waals surface area contributed by atoms with E-state index in [1.807, 2.05) is 36.4 Å². The van der Waals surface area contributed by atoms with E-state index >= 15 is 0 Å². The van der Waals surface area contributed by atoms with Crippen LogP contribution in [0.15, 0.2) is 54.6 Å². The van der Waals surface area contributed by atoms with Gasteiger partial charge in [0.25, 0.3) is 0 Å². The summed E-state index contributed by atoms with van der Waals surface area (Å²) in [6, 6.07) is 17.2. The Labute approximate surface area is 119 Å². The zero-order valence-corrected chi connectivity index (χ0v) is 11.6. The minimum absolute atomic E-state index is 0.281. The first-order valence-corrected chi connectivity index (χ1v) is 6.85. The predicted octanol–water partition coefficient (Wildman–Crippen LogP) is 3.52. The lowest BCUT2D eigenvalue weighted by Crippen LogP contribution is -2.14. The second-order valence-electron chi connectivity index (χ2n) is 4.44. The van der Waals surface area contributed by atoms with Gasteiger partial charge in [-0.3, -0.25) is 0 Å². The van der Waals surface area contributed by atoms with Crippen LogP contribution in [0.4, 0.5) is 5.69 Å². The molecular weight excluding hydrogens is 250 g/mol. The molecule has 0 atom stereocenters. The Morgan fingerprint density at radius 1 is 1.05 bits per heavy atom. The molecule has 0 bridgehead atoms. The summed E-state index contributed by atoms with van der Waals surface area (Å²) < 4.78 is 5.22. The number of anilines is 1. The van der Waals surface area contributed by atoms with E-state index < -0.39 is 0 Å². The molecule has 0 radical (unpaired) electrons. The van der Waals surface area contributed by atoms with Gasteiger partial charge in [0, 0.05) is 12.2 Å². The molecule has 0 aliphatic heterocycles. The zero-order valence-electron chi connectivity index (χ0n) is 11.6. The third kappa shape index (κ3) is 3.85. The smallest absolute Gasteiger partial charge is 0.338 e. The number of hydrogen-bond donors (Lipinski definition) is 1. The number of rotatable bonds is 6. The lowest BCUT2D eigenvalue weighted by molar-refractivity contribution is 0.0520. The minimum Gasteiger partial charge on any atom is -0.460 e. The molecule has 0 saturated heterocycles. The van der Waals surface area contributed by atoms with Crippen LogP contribution in [0.25, 0.3) is 0 Å². The molecule has 3 heteroatoms. The number of hydrogen-bond acceptors (Lipinski definition) is 3. The quantitative estimate of drug-likeness (QED) is 0.644. The summed E-state index contributed by atoms with van der Waals surface area (Å²) >= 11 is 0. The standard InChI is InChI=1S/C17H19NO2/c1-2-14-8-6-7-11-16(14)18-12-13-20-17(19)15-9-4-3-5-10-15/h3-11,18H,2,12-13H2,1H3. The van der Waals surface area contributed by atoms with Crippen molar-refractivity contribution in [3.63, 3.8) is 0 Å². The minimum atomic E-state index is -0.281. The Hall–Kier alpha value is -2.29. The lowest BCUT2D eigenvalue weighted by atomic mass is 10.1. The van der Waals surface area contributed by atoms with E-state index in [0.29, 0.717) is 18.7 Å². The van der Waals surface area contributed by atoms with Crippen molar-refractivity contribution < 1.29 is 9.53 Å². The van der Waals surface area contributed by atoms with Gasteiger partial charge >= 0.3 is 5.97 Å². The van der Waals surface area contributed by atoms with E-state index in [4.69, 9.17) is 4.74 Å². The van der Waals surface area contributed by atoms with Crippen molar-refractivity contribution in [3.8, 4) is 0 Å². The van der Waals surface area contributed by atoms with Crippen molar-refractivity contribution in [1.29, 1.82) is 0 Å².